The molecule has 1 heterocycles. The Hall–Kier alpha value is -1.59. The summed E-state index contributed by atoms with van der Waals surface area (Å²) in [6.45, 7) is 4.96. The predicted molar refractivity (Wildman–Crippen MR) is 86.9 cm³/mol. The molecule has 2 N–H and O–H groups in total. The molecule has 1 aromatic carbocycles. The van der Waals surface area contributed by atoms with Gasteiger partial charge in [0.25, 0.3) is 5.56 Å². The second kappa shape index (κ2) is 7.43. The standard InChI is InChI=1S/C16H21N3OS/c1-4-5-13-9-15(20)19-16(18-13)21-14-7-6-11(2)8-12(14)10-17-3/h6-9,17H,4-5,10H2,1-3H3,(H,18,19,20). The first kappa shape index (κ1) is 15.8. The van der Waals surface area contributed by atoms with Crippen molar-refractivity contribution in [2.24, 2.45) is 0 Å². The minimum atomic E-state index is -0.0850. The molecule has 5 heteroatoms. The second-order valence-corrected chi connectivity index (χ2v) is 6.07. The van der Waals surface area contributed by atoms with E-state index in [2.05, 4.69) is 47.3 Å². The summed E-state index contributed by atoms with van der Waals surface area (Å²) in [5, 5.41) is 3.83. The Morgan fingerprint density at radius 3 is 2.86 bits per heavy atom. The Morgan fingerprint density at radius 1 is 1.33 bits per heavy atom. The summed E-state index contributed by atoms with van der Waals surface area (Å²) in [6.07, 6.45) is 1.81. The molecule has 2 rings (SSSR count). The van der Waals surface area contributed by atoms with Crippen LogP contribution in [0.4, 0.5) is 0 Å². The van der Waals surface area contributed by atoms with Gasteiger partial charge in [0.2, 0.25) is 0 Å². The maximum atomic E-state index is 11.7. The van der Waals surface area contributed by atoms with Gasteiger partial charge in [0.05, 0.1) is 0 Å². The van der Waals surface area contributed by atoms with E-state index in [-0.39, 0.29) is 5.56 Å². The van der Waals surface area contributed by atoms with Crippen molar-refractivity contribution < 1.29 is 0 Å². The van der Waals surface area contributed by atoms with Crippen LogP contribution in [0.25, 0.3) is 0 Å². The van der Waals surface area contributed by atoms with Crippen LogP contribution in [0.15, 0.2) is 39.1 Å². The lowest BCUT2D eigenvalue weighted by atomic mass is 10.1. The number of aromatic amines is 1. The van der Waals surface area contributed by atoms with Crippen molar-refractivity contribution in [2.45, 2.75) is 43.3 Å². The Morgan fingerprint density at radius 2 is 2.14 bits per heavy atom. The first-order valence-electron chi connectivity index (χ1n) is 7.14. The van der Waals surface area contributed by atoms with Gasteiger partial charge in [-0.1, -0.05) is 42.8 Å². The van der Waals surface area contributed by atoms with Gasteiger partial charge in [-0.2, -0.15) is 0 Å². The third-order valence-corrected chi connectivity index (χ3v) is 4.07. The molecule has 4 nitrogen and oxygen atoms in total. The Labute approximate surface area is 129 Å². The average Bonchev–Trinajstić information content (AvgIpc) is 2.42. The van der Waals surface area contributed by atoms with E-state index in [0.717, 1.165) is 30.0 Å². The maximum absolute atomic E-state index is 11.7. The van der Waals surface area contributed by atoms with Crippen LogP contribution in [-0.2, 0) is 13.0 Å². The van der Waals surface area contributed by atoms with E-state index in [4.69, 9.17) is 0 Å². The van der Waals surface area contributed by atoms with Gasteiger partial charge in [-0.05, 0) is 32.0 Å². The van der Waals surface area contributed by atoms with Crippen LogP contribution in [0.5, 0.6) is 0 Å². The van der Waals surface area contributed by atoms with E-state index in [1.807, 2.05) is 7.05 Å². The van der Waals surface area contributed by atoms with Gasteiger partial charge in [-0.3, -0.25) is 4.79 Å². The van der Waals surface area contributed by atoms with Crippen LogP contribution in [0, 0.1) is 6.92 Å². The van der Waals surface area contributed by atoms with Gasteiger partial charge in [-0.25, -0.2) is 4.98 Å². The van der Waals surface area contributed by atoms with Gasteiger partial charge in [0.15, 0.2) is 5.16 Å². The second-order valence-electron chi connectivity index (χ2n) is 5.04. The molecule has 0 aliphatic heterocycles. The van der Waals surface area contributed by atoms with Gasteiger partial charge >= 0.3 is 0 Å². The number of nitrogens with zero attached hydrogens (tertiary/aromatic N) is 1. The number of nitrogens with one attached hydrogen (secondary N) is 2. The fourth-order valence-corrected chi connectivity index (χ4v) is 3.08. The highest BCUT2D eigenvalue weighted by atomic mass is 32.2. The zero-order valence-corrected chi connectivity index (χ0v) is 13.5. The number of hydrogen-bond acceptors (Lipinski definition) is 4. The molecule has 112 valence electrons. The van der Waals surface area contributed by atoms with Crippen LogP contribution >= 0.6 is 11.8 Å². The molecule has 0 saturated carbocycles. The van der Waals surface area contributed by atoms with Gasteiger partial charge in [0.1, 0.15) is 0 Å². The summed E-state index contributed by atoms with van der Waals surface area (Å²) in [6, 6.07) is 7.90. The molecule has 0 aliphatic rings. The van der Waals surface area contributed by atoms with E-state index in [9.17, 15) is 4.79 Å². The van der Waals surface area contributed by atoms with Crippen LogP contribution < -0.4 is 10.9 Å². The molecule has 0 aliphatic carbocycles. The van der Waals surface area contributed by atoms with E-state index in [1.54, 1.807) is 6.07 Å². The van der Waals surface area contributed by atoms with Crippen LogP contribution in [0.2, 0.25) is 0 Å². The monoisotopic (exact) mass is 303 g/mol. The topological polar surface area (TPSA) is 57.8 Å². The lowest BCUT2D eigenvalue weighted by Gasteiger charge is -2.10. The Balaban J connectivity index is 2.31. The van der Waals surface area contributed by atoms with Gasteiger partial charge < -0.3 is 10.3 Å². The summed E-state index contributed by atoms with van der Waals surface area (Å²) in [4.78, 5) is 20.2. The van der Waals surface area contributed by atoms with Gasteiger partial charge in [-0.15, -0.1) is 0 Å². The van der Waals surface area contributed by atoms with Crippen molar-refractivity contribution in [1.29, 1.82) is 0 Å². The highest BCUT2D eigenvalue weighted by Gasteiger charge is 2.08. The molecule has 0 spiro atoms. The number of H-pyrrole nitrogens is 1. The summed E-state index contributed by atoms with van der Waals surface area (Å²) >= 11 is 1.51. The van der Waals surface area contributed by atoms with Crippen LogP contribution in [0.3, 0.4) is 0 Å². The smallest absolute Gasteiger partial charge is 0.251 e. The first-order valence-corrected chi connectivity index (χ1v) is 7.96. The largest absolute Gasteiger partial charge is 0.316 e. The number of benzene rings is 1. The molecule has 0 fully saturated rings. The number of aryl methyl sites for hydroxylation is 2. The van der Waals surface area contributed by atoms with Crippen molar-refractivity contribution >= 4 is 11.8 Å². The highest BCUT2D eigenvalue weighted by Crippen LogP contribution is 2.28. The molecular weight excluding hydrogens is 282 g/mol. The molecule has 0 radical (unpaired) electrons. The molecular formula is C16H21N3OS. The lowest BCUT2D eigenvalue weighted by Crippen LogP contribution is -2.10. The van der Waals surface area contributed by atoms with E-state index >= 15 is 0 Å². The summed E-state index contributed by atoms with van der Waals surface area (Å²) < 4.78 is 0. The maximum Gasteiger partial charge on any atom is 0.251 e. The molecule has 21 heavy (non-hydrogen) atoms. The summed E-state index contributed by atoms with van der Waals surface area (Å²) in [7, 11) is 1.93. The Bertz CT molecular complexity index is 667. The van der Waals surface area contributed by atoms with Crippen LogP contribution in [-0.4, -0.2) is 17.0 Å². The van der Waals surface area contributed by atoms with E-state index in [1.165, 1.54) is 22.9 Å². The fraction of sp³-hybridized carbons (Fsp3) is 0.375. The molecule has 0 amide bonds. The molecule has 0 bridgehead atoms. The third kappa shape index (κ3) is 4.44. The van der Waals surface area contributed by atoms with Crippen molar-refractivity contribution in [3.8, 4) is 0 Å². The van der Waals surface area contributed by atoms with Gasteiger partial charge in [0, 0.05) is 23.2 Å². The normalized spacial score (nSPS) is 10.8. The lowest BCUT2D eigenvalue weighted by molar-refractivity contribution is 0.798. The number of rotatable bonds is 6. The van der Waals surface area contributed by atoms with E-state index < -0.39 is 0 Å². The zero-order valence-electron chi connectivity index (χ0n) is 12.7. The van der Waals surface area contributed by atoms with Crippen molar-refractivity contribution in [3.05, 3.63) is 51.4 Å². The van der Waals surface area contributed by atoms with Crippen LogP contribution in [0.1, 0.15) is 30.2 Å². The SMILES string of the molecule is CCCc1cc(=O)[nH]c(Sc2ccc(C)cc2CNC)n1. The Kier molecular flexibility index (Phi) is 5.59. The average molecular weight is 303 g/mol. The minimum absolute atomic E-state index is 0.0850. The molecule has 0 atom stereocenters. The molecule has 0 saturated heterocycles. The van der Waals surface area contributed by atoms with Crippen molar-refractivity contribution in [3.63, 3.8) is 0 Å². The highest BCUT2D eigenvalue weighted by molar-refractivity contribution is 7.99. The van der Waals surface area contributed by atoms with E-state index in [0.29, 0.717) is 5.16 Å². The fourth-order valence-electron chi connectivity index (χ4n) is 2.16. The molecule has 2 aromatic rings. The predicted octanol–water partition coefficient (Wildman–Crippen LogP) is 2.90. The summed E-state index contributed by atoms with van der Waals surface area (Å²) in [5.41, 5.74) is 3.21. The third-order valence-electron chi connectivity index (χ3n) is 3.07. The minimum Gasteiger partial charge on any atom is -0.316 e. The summed E-state index contributed by atoms with van der Waals surface area (Å²) in [5.74, 6) is 0. The number of aromatic nitrogens is 2. The quantitative estimate of drug-likeness (QED) is 0.806. The molecule has 0 unspecified atom stereocenters. The zero-order chi connectivity index (χ0) is 15.2. The number of hydrogen-bond donors (Lipinski definition) is 2. The van der Waals surface area contributed by atoms with Crippen molar-refractivity contribution in [1.82, 2.24) is 15.3 Å². The van der Waals surface area contributed by atoms with Crippen molar-refractivity contribution in [2.75, 3.05) is 7.05 Å². The molecule has 1 aromatic heterocycles. The first-order chi connectivity index (χ1) is 10.1.